The van der Waals surface area contributed by atoms with Crippen molar-refractivity contribution in [1.29, 1.82) is 0 Å². The van der Waals surface area contributed by atoms with Crippen molar-refractivity contribution in [2.75, 3.05) is 13.2 Å². The van der Waals surface area contributed by atoms with Gasteiger partial charge in [-0.15, -0.1) is 0 Å². The van der Waals surface area contributed by atoms with Crippen molar-refractivity contribution >= 4 is 17.9 Å². The first-order valence-electron chi connectivity index (χ1n) is 7.86. The van der Waals surface area contributed by atoms with Gasteiger partial charge in [0.15, 0.2) is 12.4 Å². The number of carbonyl (C=O) groups excluding carboxylic acids is 3. The number of imide groups is 1. The smallest absolute Gasteiger partial charge is 0.405 e. The van der Waals surface area contributed by atoms with Gasteiger partial charge in [-0.25, -0.2) is 19.3 Å². The van der Waals surface area contributed by atoms with E-state index in [2.05, 4.69) is 10.1 Å². The van der Waals surface area contributed by atoms with Gasteiger partial charge in [0.25, 0.3) is 5.91 Å². The van der Waals surface area contributed by atoms with Gasteiger partial charge in [-0.05, 0) is 32.0 Å². The lowest BCUT2D eigenvalue weighted by Crippen LogP contribution is -2.44. The summed E-state index contributed by atoms with van der Waals surface area (Å²) in [6, 6.07) is 3.44. The van der Waals surface area contributed by atoms with E-state index in [1.807, 2.05) is 19.9 Å². The Morgan fingerprint density at radius 1 is 1.21 bits per heavy atom. The molecule has 0 radical (unpaired) electrons. The third-order valence-electron chi connectivity index (χ3n) is 3.25. The average Bonchev–Trinajstić information content (AvgIpc) is 2.95. The molecule has 0 aliphatic carbocycles. The predicted molar refractivity (Wildman–Crippen MR) is 88.7 cm³/mol. The van der Waals surface area contributed by atoms with Crippen LogP contribution in [0.1, 0.15) is 21.7 Å². The summed E-state index contributed by atoms with van der Waals surface area (Å²) in [6.45, 7) is 1.22. The van der Waals surface area contributed by atoms with Crippen molar-refractivity contribution in [2.24, 2.45) is 0 Å². The molecule has 0 spiro atoms. The van der Waals surface area contributed by atoms with Gasteiger partial charge in [-0.2, -0.15) is 18.3 Å². The van der Waals surface area contributed by atoms with Crippen molar-refractivity contribution in [3.05, 3.63) is 41.3 Å². The van der Waals surface area contributed by atoms with Crippen LogP contribution >= 0.6 is 0 Å². The summed E-state index contributed by atoms with van der Waals surface area (Å²) in [5, 5.41) is 7.30. The van der Waals surface area contributed by atoms with Crippen LogP contribution in [-0.4, -0.2) is 52.0 Å². The summed E-state index contributed by atoms with van der Waals surface area (Å²) in [6.07, 6.45) is -3.39. The molecule has 0 saturated heterocycles. The number of carbonyl (C=O) groups is 3. The zero-order valence-corrected chi connectivity index (χ0v) is 14.8. The van der Waals surface area contributed by atoms with Gasteiger partial charge in [0.2, 0.25) is 0 Å². The first-order valence-corrected chi connectivity index (χ1v) is 7.86. The number of pyridine rings is 1. The predicted octanol–water partition coefficient (Wildman–Crippen LogP) is 1.43. The second-order valence-electron chi connectivity index (χ2n) is 5.67. The molecule has 2 aromatic heterocycles. The fourth-order valence-corrected chi connectivity index (χ4v) is 2.09. The third kappa shape index (κ3) is 6.07. The highest BCUT2D eigenvalue weighted by molar-refractivity contribution is 5.96. The Labute approximate surface area is 156 Å². The summed E-state index contributed by atoms with van der Waals surface area (Å²) in [7, 11) is 0. The maximum Gasteiger partial charge on any atom is 0.405 e. The van der Waals surface area contributed by atoms with Crippen LogP contribution in [0.15, 0.2) is 24.4 Å². The molecular weight excluding hydrogens is 383 g/mol. The molecule has 28 heavy (non-hydrogen) atoms. The normalized spacial score (nSPS) is 11.0. The number of alkyl halides is 3. The highest BCUT2D eigenvalue weighted by atomic mass is 19.4. The van der Waals surface area contributed by atoms with Crippen LogP contribution in [0.2, 0.25) is 0 Å². The molecule has 0 saturated carbocycles. The molecule has 2 rings (SSSR count). The maximum absolute atomic E-state index is 11.9. The number of nitrogens with zero attached hydrogens (tertiary/aromatic N) is 3. The summed E-state index contributed by atoms with van der Waals surface area (Å²) in [5.74, 6) is -1.50. The van der Waals surface area contributed by atoms with Crippen molar-refractivity contribution in [3.8, 4) is 5.82 Å². The summed E-state index contributed by atoms with van der Waals surface area (Å²) in [4.78, 5) is 38.5. The zero-order valence-electron chi connectivity index (χ0n) is 14.8. The molecule has 150 valence electrons. The minimum atomic E-state index is -4.61. The van der Waals surface area contributed by atoms with E-state index in [9.17, 15) is 27.6 Å². The molecule has 0 aliphatic heterocycles. The summed E-state index contributed by atoms with van der Waals surface area (Å²) < 4.78 is 42.1. The van der Waals surface area contributed by atoms with Crippen LogP contribution in [0.5, 0.6) is 0 Å². The van der Waals surface area contributed by atoms with Crippen LogP contribution in [-0.2, 0) is 9.53 Å². The fraction of sp³-hybridized carbons (Fsp3) is 0.312. The van der Waals surface area contributed by atoms with Crippen LogP contribution in [0.3, 0.4) is 0 Å². The Morgan fingerprint density at radius 2 is 1.93 bits per heavy atom. The largest absolute Gasteiger partial charge is 0.452 e. The molecule has 9 nitrogen and oxygen atoms in total. The number of ether oxygens (including phenoxy) is 1. The molecule has 0 fully saturated rings. The molecular formula is C16H16F3N5O4. The molecule has 0 aliphatic rings. The molecule has 2 aromatic rings. The number of aromatic nitrogens is 3. The van der Waals surface area contributed by atoms with Crippen LogP contribution in [0.25, 0.3) is 5.82 Å². The third-order valence-corrected chi connectivity index (χ3v) is 3.25. The minimum Gasteiger partial charge on any atom is -0.452 e. The van der Waals surface area contributed by atoms with E-state index < -0.39 is 37.2 Å². The number of halogens is 3. The topological polar surface area (TPSA) is 115 Å². The van der Waals surface area contributed by atoms with Crippen molar-refractivity contribution in [2.45, 2.75) is 20.0 Å². The summed E-state index contributed by atoms with van der Waals surface area (Å²) in [5.41, 5.74) is 1.69. The van der Waals surface area contributed by atoms with E-state index in [-0.39, 0.29) is 5.56 Å². The maximum atomic E-state index is 11.9. The van der Waals surface area contributed by atoms with Crippen LogP contribution in [0, 0.1) is 13.8 Å². The van der Waals surface area contributed by atoms with E-state index in [1.165, 1.54) is 23.6 Å². The van der Waals surface area contributed by atoms with Gasteiger partial charge in [0, 0.05) is 11.9 Å². The fourth-order valence-electron chi connectivity index (χ4n) is 2.09. The van der Waals surface area contributed by atoms with Gasteiger partial charge in [0.1, 0.15) is 6.54 Å². The standard InChI is InChI=1S/C16H16F3N5O4/c1-9-5-10(2)24(23-9)12-4-3-11(6-20-12)14(26)28-7-13(25)22-15(27)21-8-16(17,18)19/h3-6H,7-8H2,1-2H3,(H2,21,22,25,27). The molecule has 2 heterocycles. The zero-order chi connectivity index (χ0) is 20.9. The Balaban J connectivity index is 1.85. The number of esters is 1. The van der Waals surface area contributed by atoms with E-state index >= 15 is 0 Å². The Hall–Kier alpha value is -3.44. The first kappa shape index (κ1) is 20.9. The number of rotatable bonds is 5. The highest BCUT2D eigenvalue weighted by Gasteiger charge is 2.28. The lowest BCUT2D eigenvalue weighted by atomic mass is 10.3. The lowest BCUT2D eigenvalue weighted by Gasteiger charge is -2.09. The second-order valence-corrected chi connectivity index (χ2v) is 5.67. The molecule has 2 N–H and O–H groups in total. The van der Waals surface area contributed by atoms with E-state index in [1.54, 1.807) is 10.00 Å². The van der Waals surface area contributed by atoms with Gasteiger partial charge in [-0.1, -0.05) is 0 Å². The monoisotopic (exact) mass is 399 g/mol. The second kappa shape index (κ2) is 8.50. The molecule has 3 amide bonds. The molecule has 0 atom stereocenters. The molecule has 12 heteroatoms. The Kier molecular flexibility index (Phi) is 6.33. The first-order chi connectivity index (χ1) is 13.0. The number of hydrogen-bond acceptors (Lipinski definition) is 6. The number of aryl methyl sites for hydroxylation is 2. The van der Waals surface area contributed by atoms with Crippen LogP contribution in [0.4, 0.5) is 18.0 Å². The van der Waals surface area contributed by atoms with Gasteiger partial charge >= 0.3 is 18.2 Å². The van der Waals surface area contributed by atoms with E-state index in [0.29, 0.717) is 5.82 Å². The SMILES string of the molecule is Cc1cc(C)n(-c2ccc(C(=O)OCC(=O)NC(=O)NCC(F)(F)F)cn2)n1. The van der Waals surface area contributed by atoms with Gasteiger partial charge in [-0.3, -0.25) is 10.1 Å². The number of nitrogens with one attached hydrogen (secondary N) is 2. The highest BCUT2D eigenvalue weighted by Crippen LogP contribution is 2.12. The molecule has 0 aromatic carbocycles. The minimum absolute atomic E-state index is 0.0413. The Bertz CT molecular complexity index is 877. The molecule has 0 unspecified atom stereocenters. The number of hydrogen-bond donors (Lipinski definition) is 2. The Morgan fingerprint density at radius 3 is 2.46 bits per heavy atom. The summed E-state index contributed by atoms with van der Waals surface area (Å²) >= 11 is 0. The van der Waals surface area contributed by atoms with E-state index in [0.717, 1.165) is 11.4 Å². The van der Waals surface area contributed by atoms with Gasteiger partial charge in [0.05, 0.1) is 11.3 Å². The number of amides is 3. The van der Waals surface area contributed by atoms with Crippen molar-refractivity contribution < 1.29 is 32.3 Å². The average molecular weight is 399 g/mol. The van der Waals surface area contributed by atoms with Crippen molar-refractivity contribution in [3.63, 3.8) is 0 Å². The number of urea groups is 1. The lowest BCUT2D eigenvalue weighted by molar-refractivity contribution is -0.125. The quantitative estimate of drug-likeness (QED) is 0.735. The van der Waals surface area contributed by atoms with Crippen molar-refractivity contribution in [1.82, 2.24) is 25.4 Å². The van der Waals surface area contributed by atoms with Crippen LogP contribution < -0.4 is 10.6 Å². The van der Waals surface area contributed by atoms with Gasteiger partial charge < -0.3 is 10.1 Å². The molecule has 0 bridgehead atoms. The van der Waals surface area contributed by atoms with E-state index in [4.69, 9.17) is 4.74 Å².